The van der Waals surface area contributed by atoms with E-state index in [2.05, 4.69) is 48.3 Å². The molecular formula is C26H34N2O3S. The van der Waals surface area contributed by atoms with Crippen LogP contribution >= 0.6 is 0 Å². The lowest BCUT2D eigenvalue weighted by Crippen LogP contribution is -2.36. The number of rotatable bonds is 5. The molecule has 1 saturated carbocycles. The van der Waals surface area contributed by atoms with Crippen molar-refractivity contribution in [1.29, 1.82) is 0 Å². The average molecular weight is 455 g/mol. The van der Waals surface area contributed by atoms with Crippen molar-refractivity contribution in [2.75, 3.05) is 42.3 Å². The first-order valence-corrected chi connectivity index (χ1v) is 13.5. The van der Waals surface area contributed by atoms with Crippen LogP contribution < -0.4 is 10.2 Å². The summed E-state index contributed by atoms with van der Waals surface area (Å²) in [5, 5.41) is 3.70. The number of morpholine rings is 1. The van der Waals surface area contributed by atoms with Gasteiger partial charge in [-0.25, -0.2) is 8.42 Å². The van der Waals surface area contributed by atoms with E-state index in [4.69, 9.17) is 4.74 Å². The van der Waals surface area contributed by atoms with Crippen molar-refractivity contribution < 1.29 is 13.2 Å². The molecule has 2 heterocycles. The zero-order valence-electron chi connectivity index (χ0n) is 19.1. The van der Waals surface area contributed by atoms with E-state index in [0.29, 0.717) is 10.8 Å². The van der Waals surface area contributed by atoms with Crippen LogP contribution in [-0.4, -0.2) is 40.5 Å². The molecular weight excluding hydrogens is 420 g/mol. The molecule has 3 aliphatic rings. The highest BCUT2D eigenvalue weighted by atomic mass is 32.2. The standard InChI is InChI=1S/C26H34N2O3S/c1-26(2)17-25(20-7-4-8-21(15-20)28-11-13-31-14-12-28)27-24-10-9-22(16-23(24)26)32(29,30)18-19-5-3-6-19/h4,7-10,15-16,19,25,27H,3,5-6,11-14,17-18H2,1-2H3. The van der Waals surface area contributed by atoms with Crippen molar-refractivity contribution in [3.05, 3.63) is 53.6 Å². The van der Waals surface area contributed by atoms with Crippen LogP contribution in [0.3, 0.4) is 0 Å². The first-order chi connectivity index (χ1) is 15.3. The number of hydrogen-bond acceptors (Lipinski definition) is 5. The van der Waals surface area contributed by atoms with Gasteiger partial charge in [-0.2, -0.15) is 0 Å². The highest BCUT2D eigenvalue weighted by Crippen LogP contribution is 2.45. The number of nitrogens with zero attached hydrogens (tertiary/aromatic N) is 1. The van der Waals surface area contributed by atoms with Gasteiger partial charge < -0.3 is 15.0 Å². The Hall–Kier alpha value is -2.05. The van der Waals surface area contributed by atoms with Gasteiger partial charge in [0.2, 0.25) is 0 Å². The molecule has 32 heavy (non-hydrogen) atoms. The zero-order valence-corrected chi connectivity index (χ0v) is 20.0. The summed E-state index contributed by atoms with van der Waals surface area (Å²) in [7, 11) is -3.23. The van der Waals surface area contributed by atoms with Crippen LogP contribution in [0, 0.1) is 5.92 Å². The molecule has 172 valence electrons. The van der Waals surface area contributed by atoms with Crippen molar-refractivity contribution in [2.24, 2.45) is 5.92 Å². The molecule has 5 nitrogen and oxygen atoms in total. The minimum absolute atomic E-state index is 0.123. The Morgan fingerprint density at radius 1 is 1.09 bits per heavy atom. The van der Waals surface area contributed by atoms with Gasteiger partial charge in [-0.05, 0) is 72.1 Å². The molecule has 0 spiro atoms. The molecule has 0 bridgehead atoms. The summed E-state index contributed by atoms with van der Waals surface area (Å²) < 4.78 is 31.4. The second-order valence-electron chi connectivity index (χ2n) is 10.3. The first kappa shape index (κ1) is 21.8. The number of ether oxygens (including phenoxy) is 1. The molecule has 0 aromatic heterocycles. The van der Waals surface area contributed by atoms with E-state index in [1.54, 1.807) is 6.07 Å². The van der Waals surface area contributed by atoms with Crippen LogP contribution in [-0.2, 0) is 20.0 Å². The number of benzene rings is 2. The van der Waals surface area contributed by atoms with Gasteiger partial charge in [-0.3, -0.25) is 0 Å². The highest BCUT2D eigenvalue weighted by molar-refractivity contribution is 7.91. The van der Waals surface area contributed by atoms with E-state index in [1.165, 1.54) is 11.3 Å². The number of anilines is 2. The summed E-state index contributed by atoms with van der Waals surface area (Å²) >= 11 is 0. The van der Waals surface area contributed by atoms with Crippen molar-refractivity contribution in [3.63, 3.8) is 0 Å². The Bertz CT molecular complexity index is 1090. The van der Waals surface area contributed by atoms with Crippen LogP contribution in [0.15, 0.2) is 47.4 Å². The van der Waals surface area contributed by atoms with Crippen LogP contribution in [0.4, 0.5) is 11.4 Å². The predicted molar refractivity (Wildman–Crippen MR) is 129 cm³/mol. The molecule has 2 fully saturated rings. The summed E-state index contributed by atoms with van der Waals surface area (Å²) in [5.74, 6) is 0.627. The van der Waals surface area contributed by atoms with Crippen molar-refractivity contribution in [1.82, 2.24) is 0 Å². The first-order valence-electron chi connectivity index (χ1n) is 11.9. The van der Waals surface area contributed by atoms with Gasteiger partial charge in [0.05, 0.1) is 29.9 Å². The molecule has 0 radical (unpaired) electrons. The maximum Gasteiger partial charge on any atom is 0.178 e. The zero-order chi connectivity index (χ0) is 22.3. The van der Waals surface area contributed by atoms with Crippen molar-refractivity contribution in [3.8, 4) is 0 Å². The molecule has 2 aromatic rings. The van der Waals surface area contributed by atoms with Gasteiger partial charge in [0.1, 0.15) is 0 Å². The predicted octanol–water partition coefficient (Wildman–Crippen LogP) is 4.93. The third kappa shape index (κ3) is 4.27. The Morgan fingerprint density at radius 2 is 1.88 bits per heavy atom. The van der Waals surface area contributed by atoms with Crippen LogP contribution in [0.2, 0.25) is 0 Å². The Balaban J connectivity index is 1.40. The lowest BCUT2D eigenvalue weighted by Gasteiger charge is -2.39. The minimum atomic E-state index is -3.23. The third-order valence-corrected chi connectivity index (χ3v) is 9.33. The molecule has 5 rings (SSSR count). The monoisotopic (exact) mass is 454 g/mol. The van der Waals surface area contributed by atoms with Crippen LogP contribution in [0.5, 0.6) is 0 Å². The van der Waals surface area contributed by atoms with Crippen molar-refractivity contribution in [2.45, 2.75) is 55.9 Å². The SMILES string of the molecule is CC1(C)CC(c2cccc(N3CCOCC3)c2)Nc2ccc(S(=O)(=O)CC3CCC3)cc21. The normalized spacial score (nSPS) is 23.2. The second kappa shape index (κ2) is 8.38. The van der Waals surface area contributed by atoms with Gasteiger partial charge in [0.25, 0.3) is 0 Å². The molecule has 2 aliphatic heterocycles. The van der Waals surface area contributed by atoms with Crippen LogP contribution in [0.25, 0.3) is 0 Å². The maximum absolute atomic E-state index is 13.0. The summed E-state index contributed by atoms with van der Waals surface area (Å²) in [6.07, 6.45) is 4.17. The Labute approximate surface area is 192 Å². The third-order valence-electron chi connectivity index (χ3n) is 7.45. The largest absolute Gasteiger partial charge is 0.378 e. The summed E-state index contributed by atoms with van der Waals surface area (Å²) in [4.78, 5) is 2.86. The van der Waals surface area contributed by atoms with E-state index in [-0.39, 0.29) is 17.2 Å². The molecule has 2 aromatic carbocycles. The molecule has 1 saturated heterocycles. The van der Waals surface area contributed by atoms with E-state index in [0.717, 1.165) is 63.2 Å². The second-order valence-corrected chi connectivity index (χ2v) is 12.3. The van der Waals surface area contributed by atoms with E-state index >= 15 is 0 Å². The van der Waals surface area contributed by atoms with Gasteiger partial charge >= 0.3 is 0 Å². The fourth-order valence-corrected chi connectivity index (χ4v) is 7.01. The lowest BCUT2D eigenvalue weighted by molar-refractivity contribution is 0.122. The number of fused-ring (bicyclic) bond motifs is 1. The fraction of sp³-hybridized carbons (Fsp3) is 0.538. The van der Waals surface area contributed by atoms with Crippen molar-refractivity contribution >= 4 is 21.2 Å². The average Bonchev–Trinajstić information content (AvgIpc) is 2.76. The van der Waals surface area contributed by atoms with Gasteiger partial charge in [0, 0.05) is 24.5 Å². The topological polar surface area (TPSA) is 58.6 Å². The molecule has 6 heteroatoms. The van der Waals surface area contributed by atoms with E-state index in [1.807, 2.05) is 12.1 Å². The smallest absolute Gasteiger partial charge is 0.178 e. The van der Waals surface area contributed by atoms with E-state index in [9.17, 15) is 8.42 Å². The fourth-order valence-electron chi connectivity index (χ4n) is 5.29. The minimum Gasteiger partial charge on any atom is -0.378 e. The number of hydrogen-bond donors (Lipinski definition) is 1. The molecule has 1 atom stereocenters. The number of nitrogens with one attached hydrogen (secondary N) is 1. The lowest BCUT2D eigenvalue weighted by atomic mass is 9.74. The Morgan fingerprint density at radius 3 is 2.59 bits per heavy atom. The molecule has 1 unspecified atom stereocenters. The maximum atomic E-state index is 13.0. The molecule has 1 aliphatic carbocycles. The van der Waals surface area contributed by atoms with Gasteiger partial charge in [-0.15, -0.1) is 0 Å². The summed E-state index contributed by atoms with van der Waals surface area (Å²) in [5.41, 5.74) is 4.55. The van der Waals surface area contributed by atoms with Crippen LogP contribution in [0.1, 0.15) is 56.7 Å². The number of sulfone groups is 1. The van der Waals surface area contributed by atoms with Gasteiger partial charge in [0.15, 0.2) is 9.84 Å². The summed E-state index contributed by atoms with van der Waals surface area (Å²) in [6.45, 7) is 7.86. The Kier molecular flexibility index (Phi) is 5.70. The summed E-state index contributed by atoms with van der Waals surface area (Å²) in [6, 6.07) is 14.7. The molecule has 1 N–H and O–H groups in total. The highest BCUT2D eigenvalue weighted by Gasteiger charge is 2.35. The quantitative estimate of drug-likeness (QED) is 0.694. The van der Waals surface area contributed by atoms with E-state index < -0.39 is 9.84 Å². The van der Waals surface area contributed by atoms with Gasteiger partial charge in [-0.1, -0.05) is 32.4 Å². The molecule has 0 amide bonds.